The number of rotatable bonds is 1. The highest BCUT2D eigenvalue weighted by atomic mass is 19.4. The molecule has 2 aromatic rings. The maximum absolute atomic E-state index is 12.9. The highest BCUT2D eigenvalue weighted by Crippen LogP contribution is 2.36. The smallest absolute Gasteiger partial charge is 0.268 e. The van der Waals surface area contributed by atoms with Crippen LogP contribution in [-0.2, 0) is 6.18 Å². The zero-order chi connectivity index (χ0) is 16.1. The van der Waals surface area contributed by atoms with Gasteiger partial charge in [-0.15, -0.1) is 0 Å². The minimum absolute atomic E-state index is 0.0407. The Labute approximate surface area is 124 Å². The molecule has 2 amide bonds. The Balaban J connectivity index is 2.14. The van der Waals surface area contributed by atoms with Crippen molar-refractivity contribution < 1.29 is 22.8 Å². The van der Waals surface area contributed by atoms with E-state index in [2.05, 4.69) is 0 Å². The summed E-state index contributed by atoms with van der Waals surface area (Å²) in [6.07, 6.45) is -4.54. The first-order valence-electron chi connectivity index (χ1n) is 6.46. The van der Waals surface area contributed by atoms with Gasteiger partial charge in [-0.3, -0.25) is 9.59 Å². The van der Waals surface area contributed by atoms with Gasteiger partial charge in [0.15, 0.2) is 0 Å². The number of nitrogens with zero attached hydrogens (tertiary/aromatic N) is 1. The molecule has 3 nitrogen and oxygen atoms in total. The molecule has 112 valence electrons. The van der Waals surface area contributed by atoms with Crippen LogP contribution in [0.1, 0.15) is 31.8 Å². The van der Waals surface area contributed by atoms with E-state index in [1.807, 2.05) is 0 Å². The number of fused-ring (bicyclic) bond motifs is 1. The quantitative estimate of drug-likeness (QED) is 0.751. The van der Waals surface area contributed by atoms with Crippen molar-refractivity contribution in [3.8, 4) is 0 Å². The van der Waals surface area contributed by atoms with Crippen LogP contribution >= 0.6 is 0 Å². The summed E-state index contributed by atoms with van der Waals surface area (Å²) in [5.74, 6) is -1.22. The third kappa shape index (κ3) is 2.07. The molecule has 0 spiro atoms. The van der Waals surface area contributed by atoms with Crippen LogP contribution < -0.4 is 4.90 Å². The van der Waals surface area contributed by atoms with Crippen LogP contribution in [0.25, 0.3) is 0 Å². The van der Waals surface area contributed by atoms with Gasteiger partial charge >= 0.3 is 6.18 Å². The molecule has 2 aromatic carbocycles. The molecule has 1 heterocycles. The highest BCUT2D eigenvalue weighted by Gasteiger charge is 2.38. The van der Waals surface area contributed by atoms with Crippen molar-refractivity contribution in [2.45, 2.75) is 13.1 Å². The summed E-state index contributed by atoms with van der Waals surface area (Å²) in [5, 5.41) is 0. The molecule has 22 heavy (non-hydrogen) atoms. The normalized spacial score (nSPS) is 14.5. The van der Waals surface area contributed by atoms with Crippen LogP contribution in [-0.4, -0.2) is 11.8 Å². The molecule has 0 unspecified atom stereocenters. The van der Waals surface area contributed by atoms with Gasteiger partial charge in [-0.2, -0.15) is 13.2 Å². The predicted molar refractivity (Wildman–Crippen MR) is 73.8 cm³/mol. The summed E-state index contributed by atoms with van der Waals surface area (Å²) >= 11 is 0. The molecule has 0 aromatic heterocycles. The van der Waals surface area contributed by atoms with Crippen LogP contribution in [0.15, 0.2) is 42.5 Å². The molecule has 1 aliphatic rings. The number of hydrogen-bond acceptors (Lipinski definition) is 2. The third-order valence-corrected chi connectivity index (χ3v) is 3.57. The lowest BCUT2D eigenvalue weighted by molar-refractivity contribution is -0.137. The molecule has 0 fully saturated rings. The van der Waals surface area contributed by atoms with Gasteiger partial charge in [-0.05, 0) is 36.8 Å². The Bertz CT molecular complexity index is 761. The fourth-order valence-electron chi connectivity index (χ4n) is 2.43. The average molecular weight is 305 g/mol. The molecule has 0 aliphatic carbocycles. The summed E-state index contributed by atoms with van der Waals surface area (Å²) in [6.45, 7) is 1.55. The van der Waals surface area contributed by atoms with E-state index in [9.17, 15) is 22.8 Å². The maximum Gasteiger partial charge on any atom is 0.416 e. The van der Waals surface area contributed by atoms with E-state index in [-0.39, 0.29) is 16.8 Å². The van der Waals surface area contributed by atoms with Gasteiger partial charge in [0.2, 0.25) is 0 Å². The van der Waals surface area contributed by atoms with Crippen molar-refractivity contribution in [2.24, 2.45) is 0 Å². The second-order valence-electron chi connectivity index (χ2n) is 4.99. The summed E-state index contributed by atoms with van der Waals surface area (Å²) in [4.78, 5) is 25.5. The average Bonchev–Trinajstić information content (AvgIpc) is 2.71. The van der Waals surface area contributed by atoms with E-state index in [1.54, 1.807) is 19.1 Å². The third-order valence-electron chi connectivity index (χ3n) is 3.57. The van der Waals surface area contributed by atoms with Crippen molar-refractivity contribution in [2.75, 3.05) is 4.90 Å². The SMILES string of the molecule is Cc1ccc(C(F)(F)F)cc1N1C(=O)c2ccccc2C1=O. The van der Waals surface area contributed by atoms with Crippen LogP contribution in [0.5, 0.6) is 0 Å². The number of hydrogen-bond donors (Lipinski definition) is 0. The number of carbonyl (C=O) groups is 2. The van der Waals surface area contributed by atoms with E-state index in [4.69, 9.17) is 0 Å². The maximum atomic E-state index is 12.9. The van der Waals surface area contributed by atoms with Gasteiger partial charge in [0.1, 0.15) is 0 Å². The summed E-state index contributed by atoms with van der Waals surface area (Å²) in [5.41, 5.74) is -0.123. The van der Waals surface area contributed by atoms with Gasteiger partial charge in [0.25, 0.3) is 11.8 Å². The lowest BCUT2D eigenvalue weighted by Gasteiger charge is -2.18. The van der Waals surface area contributed by atoms with Crippen LogP contribution in [0.4, 0.5) is 18.9 Å². The Morgan fingerprint density at radius 2 is 1.45 bits per heavy atom. The van der Waals surface area contributed by atoms with Crippen molar-refractivity contribution in [1.82, 2.24) is 0 Å². The molecule has 0 radical (unpaired) electrons. The lowest BCUT2D eigenvalue weighted by atomic mass is 10.1. The highest BCUT2D eigenvalue weighted by molar-refractivity contribution is 6.34. The first kappa shape index (κ1) is 14.3. The van der Waals surface area contributed by atoms with Crippen molar-refractivity contribution in [1.29, 1.82) is 0 Å². The molecule has 0 saturated heterocycles. The fourth-order valence-corrected chi connectivity index (χ4v) is 2.43. The number of benzene rings is 2. The topological polar surface area (TPSA) is 37.4 Å². The van der Waals surface area contributed by atoms with Crippen LogP contribution in [0, 0.1) is 6.92 Å². The minimum atomic E-state index is -4.54. The van der Waals surface area contributed by atoms with Crippen molar-refractivity contribution in [3.63, 3.8) is 0 Å². The molecule has 0 atom stereocenters. The van der Waals surface area contributed by atoms with E-state index in [0.29, 0.717) is 5.56 Å². The summed E-state index contributed by atoms with van der Waals surface area (Å²) in [6, 6.07) is 9.19. The number of aryl methyl sites for hydroxylation is 1. The molecule has 3 rings (SSSR count). The number of imide groups is 1. The Kier molecular flexibility index (Phi) is 3.05. The Morgan fingerprint density at radius 1 is 0.909 bits per heavy atom. The van der Waals surface area contributed by atoms with Crippen molar-refractivity contribution in [3.05, 3.63) is 64.7 Å². The van der Waals surface area contributed by atoms with Gasteiger partial charge in [0, 0.05) is 0 Å². The summed E-state index contributed by atoms with van der Waals surface area (Å²) < 4.78 is 38.6. The largest absolute Gasteiger partial charge is 0.416 e. The Morgan fingerprint density at radius 3 is 1.95 bits per heavy atom. The molecule has 0 saturated carbocycles. The molecule has 6 heteroatoms. The predicted octanol–water partition coefficient (Wildman–Crippen LogP) is 3.81. The van der Waals surface area contributed by atoms with Gasteiger partial charge in [0.05, 0.1) is 22.4 Å². The molecule has 0 N–H and O–H groups in total. The minimum Gasteiger partial charge on any atom is -0.268 e. The monoisotopic (exact) mass is 305 g/mol. The lowest BCUT2D eigenvalue weighted by Crippen LogP contribution is -2.30. The van der Waals surface area contributed by atoms with Crippen molar-refractivity contribution >= 4 is 17.5 Å². The van der Waals surface area contributed by atoms with E-state index in [0.717, 1.165) is 17.0 Å². The zero-order valence-corrected chi connectivity index (χ0v) is 11.4. The second kappa shape index (κ2) is 4.69. The number of halogens is 3. The van der Waals surface area contributed by atoms with Gasteiger partial charge in [-0.1, -0.05) is 18.2 Å². The molecule has 1 aliphatic heterocycles. The molecular formula is C16H10F3NO2. The first-order valence-corrected chi connectivity index (χ1v) is 6.46. The number of anilines is 1. The first-order chi connectivity index (χ1) is 10.3. The van der Waals surface area contributed by atoms with E-state index >= 15 is 0 Å². The fraction of sp³-hybridized carbons (Fsp3) is 0.125. The van der Waals surface area contributed by atoms with Gasteiger partial charge in [-0.25, -0.2) is 4.90 Å². The number of alkyl halides is 3. The van der Waals surface area contributed by atoms with Gasteiger partial charge < -0.3 is 0 Å². The molecular weight excluding hydrogens is 295 g/mol. The Hall–Kier alpha value is -2.63. The van der Waals surface area contributed by atoms with Crippen LogP contribution in [0.2, 0.25) is 0 Å². The zero-order valence-electron chi connectivity index (χ0n) is 11.4. The summed E-state index contributed by atoms with van der Waals surface area (Å²) in [7, 11) is 0. The van der Waals surface area contributed by atoms with E-state index < -0.39 is 23.6 Å². The number of carbonyl (C=O) groups excluding carboxylic acids is 2. The van der Waals surface area contributed by atoms with E-state index in [1.165, 1.54) is 18.2 Å². The van der Waals surface area contributed by atoms with Crippen LogP contribution in [0.3, 0.4) is 0 Å². The number of amides is 2. The second-order valence-corrected chi connectivity index (χ2v) is 4.99. The standard InChI is InChI=1S/C16H10F3NO2/c1-9-6-7-10(16(17,18)19)8-13(9)20-14(21)11-4-2-3-5-12(11)15(20)22/h2-8H,1H3. The molecule has 0 bridgehead atoms.